The molecule has 0 saturated carbocycles. The molecule has 3 rings (SSSR count). The highest BCUT2D eigenvalue weighted by atomic mass is 16.4. The molecule has 0 atom stereocenters. The van der Waals surface area contributed by atoms with Gasteiger partial charge in [0.1, 0.15) is 5.65 Å². The summed E-state index contributed by atoms with van der Waals surface area (Å²) in [7, 11) is 3.82. The van der Waals surface area contributed by atoms with Crippen molar-refractivity contribution in [2.45, 2.75) is 0 Å². The third-order valence-corrected chi connectivity index (χ3v) is 3.48. The predicted molar refractivity (Wildman–Crippen MR) is 80.8 cm³/mol. The number of likely N-dealkylation sites (N-methyl/N-ethyl adjacent to an activating group) is 1. The van der Waals surface area contributed by atoms with Gasteiger partial charge in [0.15, 0.2) is 0 Å². The molecule has 0 fully saturated rings. The van der Waals surface area contributed by atoms with E-state index in [0.29, 0.717) is 12.2 Å². The number of hydrogen-bond donors (Lipinski definition) is 2. The lowest BCUT2D eigenvalue weighted by atomic mass is 10.1. The van der Waals surface area contributed by atoms with Crippen LogP contribution in [0.15, 0.2) is 48.1 Å². The van der Waals surface area contributed by atoms with E-state index in [2.05, 4.69) is 10.3 Å². The SMILES string of the molecule is CN1C=CC(C(=O)O)=C(Nc2cn(C)c3ncccc23)C1. The molecule has 0 aliphatic carbocycles. The highest BCUT2D eigenvalue weighted by Crippen LogP contribution is 2.26. The van der Waals surface area contributed by atoms with E-state index >= 15 is 0 Å². The summed E-state index contributed by atoms with van der Waals surface area (Å²) in [6.07, 6.45) is 7.03. The summed E-state index contributed by atoms with van der Waals surface area (Å²) >= 11 is 0. The van der Waals surface area contributed by atoms with Crippen molar-refractivity contribution in [3.63, 3.8) is 0 Å². The van der Waals surface area contributed by atoms with Gasteiger partial charge in [0.2, 0.25) is 0 Å². The Morgan fingerprint density at radius 2 is 2.24 bits per heavy atom. The summed E-state index contributed by atoms with van der Waals surface area (Å²) in [6.45, 7) is 0.523. The Kier molecular flexibility index (Phi) is 3.13. The van der Waals surface area contributed by atoms with Crippen LogP contribution in [0.2, 0.25) is 0 Å². The summed E-state index contributed by atoms with van der Waals surface area (Å²) in [4.78, 5) is 17.6. The smallest absolute Gasteiger partial charge is 0.337 e. The number of aromatic nitrogens is 2. The van der Waals surface area contributed by atoms with E-state index in [1.807, 2.05) is 41.9 Å². The van der Waals surface area contributed by atoms with Gasteiger partial charge in [0, 0.05) is 43.8 Å². The standard InChI is InChI=1S/C15H16N4O2/c1-18-7-5-11(15(20)21)12(8-18)17-13-9-19(2)14-10(13)4-3-6-16-14/h3-7,9,17H,8H2,1-2H3,(H,20,21). The highest BCUT2D eigenvalue weighted by molar-refractivity contribution is 5.95. The molecule has 0 spiro atoms. The normalized spacial score (nSPS) is 14.9. The monoisotopic (exact) mass is 284 g/mol. The fraction of sp³-hybridized carbons (Fsp3) is 0.200. The second kappa shape index (κ2) is 4.97. The van der Waals surface area contributed by atoms with Crippen LogP contribution in [-0.4, -0.2) is 39.1 Å². The summed E-state index contributed by atoms with van der Waals surface area (Å²) in [5, 5.41) is 13.5. The van der Waals surface area contributed by atoms with Crippen molar-refractivity contribution in [1.29, 1.82) is 0 Å². The molecule has 2 aromatic rings. The van der Waals surface area contributed by atoms with Gasteiger partial charge in [-0.25, -0.2) is 9.78 Å². The second-order valence-corrected chi connectivity index (χ2v) is 5.08. The predicted octanol–water partition coefficient (Wildman–Crippen LogP) is 1.78. The minimum absolute atomic E-state index is 0.286. The minimum Gasteiger partial charge on any atom is -0.478 e. The van der Waals surface area contributed by atoms with Gasteiger partial charge in [-0.1, -0.05) is 0 Å². The van der Waals surface area contributed by atoms with E-state index in [9.17, 15) is 9.90 Å². The van der Waals surface area contributed by atoms with Crippen LogP contribution in [0.25, 0.3) is 11.0 Å². The number of carbonyl (C=O) groups is 1. The summed E-state index contributed by atoms with van der Waals surface area (Å²) in [6, 6.07) is 3.83. The first-order valence-electron chi connectivity index (χ1n) is 6.58. The first-order chi connectivity index (χ1) is 10.1. The average Bonchev–Trinajstić information content (AvgIpc) is 2.76. The number of nitrogens with zero attached hydrogens (tertiary/aromatic N) is 3. The largest absolute Gasteiger partial charge is 0.478 e. The fourth-order valence-corrected chi connectivity index (χ4v) is 2.47. The lowest BCUT2D eigenvalue weighted by Crippen LogP contribution is -2.25. The molecule has 0 saturated heterocycles. The topological polar surface area (TPSA) is 70.4 Å². The van der Waals surface area contributed by atoms with Crippen molar-refractivity contribution in [2.75, 3.05) is 18.9 Å². The number of anilines is 1. The molecular formula is C15H16N4O2. The van der Waals surface area contributed by atoms with Gasteiger partial charge in [-0.05, 0) is 18.2 Å². The molecule has 1 aliphatic rings. The molecule has 6 nitrogen and oxygen atoms in total. The van der Waals surface area contributed by atoms with Crippen molar-refractivity contribution in [2.24, 2.45) is 7.05 Å². The molecule has 0 amide bonds. The molecule has 108 valence electrons. The van der Waals surface area contributed by atoms with Crippen LogP contribution < -0.4 is 5.32 Å². The Labute approximate surface area is 122 Å². The van der Waals surface area contributed by atoms with E-state index in [1.54, 1.807) is 18.5 Å². The molecule has 21 heavy (non-hydrogen) atoms. The number of nitrogens with one attached hydrogen (secondary N) is 1. The lowest BCUT2D eigenvalue weighted by molar-refractivity contribution is -0.132. The first-order valence-corrected chi connectivity index (χ1v) is 6.58. The Morgan fingerprint density at radius 3 is 3.00 bits per heavy atom. The van der Waals surface area contributed by atoms with Gasteiger partial charge in [0.25, 0.3) is 0 Å². The molecule has 0 unspecified atom stereocenters. The lowest BCUT2D eigenvalue weighted by Gasteiger charge is -2.23. The van der Waals surface area contributed by atoms with Gasteiger partial charge < -0.3 is 19.9 Å². The Hall–Kier alpha value is -2.76. The molecule has 6 heteroatoms. The molecule has 0 radical (unpaired) electrons. The number of carboxylic acid groups (broad SMARTS) is 1. The van der Waals surface area contributed by atoms with Crippen LogP contribution in [-0.2, 0) is 11.8 Å². The Bertz CT molecular complexity index is 773. The number of hydrogen-bond acceptors (Lipinski definition) is 4. The van der Waals surface area contributed by atoms with Crippen molar-refractivity contribution in [1.82, 2.24) is 14.5 Å². The van der Waals surface area contributed by atoms with Crippen molar-refractivity contribution >= 4 is 22.7 Å². The molecular weight excluding hydrogens is 268 g/mol. The third kappa shape index (κ3) is 2.35. The van der Waals surface area contributed by atoms with E-state index in [1.165, 1.54) is 0 Å². The highest BCUT2D eigenvalue weighted by Gasteiger charge is 2.18. The van der Waals surface area contributed by atoms with Crippen LogP contribution in [0.5, 0.6) is 0 Å². The van der Waals surface area contributed by atoms with E-state index < -0.39 is 5.97 Å². The van der Waals surface area contributed by atoms with Gasteiger partial charge in [-0.15, -0.1) is 0 Å². The molecule has 0 bridgehead atoms. The Morgan fingerprint density at radius 1 is 1.43 bits per heavy atom. The van der Waals surface area contributed by atoms with Gasteiger partial charge >= 0.3 is 5.97 Å². The Balaban J connectivity index is 2.04. The maximum atomic E-state index is 11.3. The van der Waals surface area contributed by atoms with E-state index in [4.69, 9.17) is 0 Å². The summed E-state index contributed by atoms with van der Waals surface area (Å²) in [5.41, 5.74) is 2.67. The van der Waals surface area contributed by atoms with Crippen molar-refractivity contribution in [3.05, 3.63) is 48.1 Å². The van der Waals surface area contributed by atoms with Crippen LogP contribution >= 0.6 is 0 Å². The average molecular weight is 284 g/mol. The molecule has 2 aromatic heterocycles. The van der Waals surface area contributed by atoms with Crippen LogP contribution in [0, 0.1) is 0 Å². The minimum atomic E-state index is -0.930. The maximum Gasteiger partial charge on any atom is 0.337 e. The third-order valence-electron chi connectivity index (χ3n) is 3.48. The molecule has 3 heterocycles. The van der Waals surface area contributed by atoms with Crippen LogP contribution in [0.4, 0.5) is 5.69 Å². The molecule has 1 aliphatic heterocycles. The summed E-state index contributed by atoms with van der Waals surface area (Å²) < 4.78 is 1.92. The van der Waals surface area contributed by atoms with E-state index in [0.717, 1.165) is 16.7 Å². The summed E-state index contributed by atoms with van der Waals surface area (Å²) in [5.74, 6) is -0.930. The number of pyridine rings is 1. The zero-order valence-corrected chi connectivity index (χ0v) is 11.9. The number of rotatable bonds is 3. The maximum absolute atomic E-state index is 11.3. The molecule has 0 aromatic carbocycles. The number of aliphatic carboxylic acids is 1. The van der Waals surface area contributed by atoms with Gasteiger partial charge in [0.05, 0.1) is 17.8 Å². The van der Waals surface area contributed by atoms with Gasteiger partial charge in [-0.3, -0.25) is 0 Å². The number of fused-ring (bicyclic) bond motifs is 1. The molecule has 2 N–H and O–H groups in total. The second-order valence-electron chi connectivity index (χ2n) is 5.08. The van der Waals surface area contributed by atoms with Crippen molar-refractivity contribution < 1.29 is 9.90 Å². The number of aryl methyl sites for hydroxylation is 1. The quantitative estimate of drug-likeness (QED) is 0.899. The van der Waals surface area contributed by atoms with Crippen LogP contribution in [0.3, 0.4) is 0 Å². The fourth-order valence-electron chi connectivity index (χ4n) is 2.47. The van der Waals surface area contributed by atoms with Crippen molar-refractivity contribution in [3.8, 4) is 0 Å². The first kappa shape index (κ1) is 13.2. The zero-order valence-electron chi connectivity index (χ0n) is 11.9. The zero-order chi connectivity index (χ0) is 15.0. The number of carboxylic acids is 1. The van der Waals surface area contributed by atoms with Crippen LogP contribution in [0.1, 0.15) is 0 Å². The van der Waals surface area contributed by atoms with Gasteiger partial charge in [-0.2, -0.15) is 0 Å². The van der Waals surface area contributed by atoms with E-state index in [-0.39, 0.29) is 5.57 Å².